The highest BCUT2D eigenvalue weighted by Crippen LogP contribution is 1.96. The molecule has 0 saturated heterocycles. The first-order valence-electron chi connectivity index (χ1n) is 4.55. The Kier molecular flexibility index (Phi) is 6.53. The van der Waals surface area contributed by atoms with Gasteiger partial charge < -0.3 is 15.3 Å². The molecule has 0 saturated carbocycles. The number of carbonyl (C=O) groups is 2. The number of rotatable bonds is 6. The first-order valence-corrected chi connectivity index (χ1v) is 4.93. The average molecular weight is 235 g/mol. The zero-order valence-corrected chi connectivity index (χ0v) is 9.38. The Hall–Kier alpha value is -1.23. The van der Waals surface area contributed by atoms with Crippen LogP contribution in [-0.2, 0) is 4.79 Å². The molecular weight excluding hydrogens is 220 g/mol. The number of halogens is 1. The van der Waals surface area contributed by atoms with E-state index in [0.717, 1.165) is 0 Å². The van der Waals surface area contributed by atoms with Crippen molar-refractivity contribution >= 4 is 23.6 Å². The van der Waals surface area contributed by atoms with Crippen molar-refractivity contribution in [3.8, 4) is 0 Å². The first kappa shape index (κ1) is 13.8. The van der Waals surface area contributed by atoms with Crippen LogP contribution >= 0.6 is 11.6 Å². The van der Waals surface area contributed by atoms with Gasteiger partial charge in [-0.05, 0) is 6.92 Å². The van der Waals surface area contributed by atoms with Crippen molar-refractivity contribution in [2.24, 2.45) is 0 Å². The summed E-state index contributed by atoms with van der Waals surface area (Å²) >= 11 is 5.48. The third-order valence-corrected chi connectivity index (χ3v) is 1.83. The summed E-state index contributed by atoms with van der Waals surface area (Å²) in [4.78, 5) is 23.1. The number of carboxylic acids is 1. The maximum atomic E-state index is 11.4. The zero-order chi connectivity index (χ0) is 11.8. The molecule has 0 unspecified atom stereocenters. The number of aliphatic carboxylic acids is 1. The fourth-order valence-electron chi connectivity index (χ4n) is 0.917. The molecular formula is C9H15ClN2O3. The number of nitrogens with one attached hydrogen (secondary N) is 1. The van der Waals surface area contributed by atoms with Gasteiger partial charge in [0.1, 0.15) is 0 Å². The lowest BCUT2D eigenvalue weighted by Crippen LogP contribution is -2.41. The van der Waals surface area contributed by atoms with Gasteiger partial charge in [-0.2, -0.15) is 0 Å². The van der Waals surface area contributed by atoms with Crippen LogP contribution in [0, 0.1) is 0 Å². The largest absolute Gasteiger partial charge is 0.481 e. The lowest BCUT2D eigenvalue weighted by molar-refractivity contribution is -0.137. The topological polar surface area (TPSA) is 69.6 Å². The molecule has 2 amide bonds. The molecule has 0 aromatic heterocycles. The Morgan fingerprint density at radius 2 is 2.13 bits per heavy atom. The van der Waals surface area contributed by atoms with Crippen LogP contribution in [0.25, 0.3) is 0 Å². The molecule has 6 heteroatoms. The molecule has 15 heavy (non-hydrogen) atoms. The van der Waals surface area contributed by atoms with Gasteiger partial charge >= 0.3 is 12.0 Å². The fourth-order valence-corrected chi connectivity index (χ4v) is 0.984. The van der Waals surface area contributed by atoms with Crippen LogP contribution < -0.4 is 5.32 Å². The van der Waals surface area contributed by atoms with Crippen LogP contribution in [0.15, 0.2) is 11.6 Å². The molecule has 0 atom stereocenters. The highest BCUT2D eigenvalue weighted by molar-refractivity contribution is 6.29. The molecule has 0 aliphatic rings. The van der Waals surface area contributed by atoms with Gasteiger partial charge in [0.05, 0.1) is 13.0 Å². The van der Waals surface area contributed by atoms with E-state index in [1.165, 1.54) is 4.90 Å². The van der Waals surface area contributed by atoms with E-state index in [-0.39, 0.29) is 25.5 Å². The van der Waals surface area contributed by atoms with Gasteiger partial charge in [0.25, 0.3) is 0 Å². The number of amides is 2. The van der Waals surface area contributed by atoms with Gasteiger partial charge in [-0.15, -0.1) is 0 Å². The number of hydrogen-bond acceptors (Lipinski definition) is 2. The number of carbonyl (C=O) groups excluding carboxylic acids is 1. The second-order valence-electron chi connectivity index (χ2n) is 2.90. The van der Waals surface area contributed by atoms with Crippen molar-refractivity contribution in [2.75, 3.05) is 19.6 Å². The predicted octanol–water partition coefficient (Wildman–Crippen LogP) is 1.25. The third-order valence-electron chi connectivity index (χ3n) is 1.70. The van der Waals surface area contributed by atoms with E-state index in [2.05, 4.69) is 11.9 Å². The van der Waals surface area contributed by atoms with Crippen molar-refractivity contribution < 1.29 is 14.7 Å². The fraction of sp³-hybridized carbons (Fsp3) is 0.556. The second kappa shape index (κ2) is 7.11. The normalized spacial score (nSPS) is 9.47. The van der Waals surface area contributed by atoms with Gasteiger partial charge in [0.15, 0.2) is 0 Å². The smallest absolute Gasteiger partial charge is 0.317 e. The van der Waals surface area contributed by atoms with Crippen LogP contribution in [0.2, 0.25) is 0 Å². The molecule has 0 spiro atoms. The summed E-state index contributed by atoms with van der Waals surface area (Å²) in [6.45, 7) is 6.02. The minimum atomic E-state index is -0.928. The number of carboxylic acid groups (broad SMARTS) is 1. The Morgan fingerprint density at radius 3 is 2.53 bits per heavy atom. The molecule has 0 heterocycles. The number of hydrogen-bond donors (Lipinski definition) is 2. The van der Waals surface area contributed by atoms with Crippen LogP contribution in [0.1, 0.15) is 13.3 Å². The van der Waals surface area contributed by atoms with Crippen molar-refractivity contribution in [1.29, 1.82) is 0 Å². The first-order chi connectivity index (χ1) is 6.97. The maximum Gasteiger partial charge on any atom is 0.317 e. The molecule has 5 nitrogen and oxygen atoms in total. The summed E-state index contributed by atoms with van der Waals surface area (Å²) in [5, 5.41) is 11.3. The maximum absolute atomic E-state index is 11.4. The van der Waals surface area contributed by atoms with Gasteiger partial charge in [0.2, 0.25) is 0 Å². The Morgan fingerprint density at radius 1 is 1.53 bits per heavy atom. The van der Waals surface area contributed by atoms with E-state index in [1.807, 2.05) is 0 Å². The summed E-state index contributed by atoms with van der Waals surface area (Å²) in [5.74, 6) is -0.928. The molecule has 0 rings (SSSR count). The second-order valence-corrected chi connectivity index (χ2v) is 3.43. The van der Waals surface area contributed by atoms with E-state index >= 15 is 0 Å². The van der Waals surface area contributed by atoms with Crippen LogP contribution in [0.4, 0.5) is 4.79 Å². The third kappa shape index (κ3) is 6.79. The van der Waals surface area contributed by atoms with Crippen molar-refractivity contribution in [2.45, 2.75) is 13.3 Å². The predicted molar refractivity (Wildman–Crippen MR) is 57.9 cm³/mol. The van der Waals surface area contributed by atoms with E-state index in [9.17, 15) is 9.59 Å². The van der Waals surface area contributed by atoms with Crippen LogP contribution in [0.5, 0.6) is 0 Å². The van der Waals surface area contributed by atoms with Gasteiger partial charge in [-0.25, -0.2) is 4.79 Å². The molecule has 0 aliphatic heterocycles. The van der Waals surface area contributed by atoms with Crippen molar-refractivity contribution in [1.82, 2.24) is 10.2 Å². The summed E-state index contributed by atoms with van der Waals surface area (Å²) < 4.78 is 0. The molecule has 0 aromatic carbocycles. The van der Waals surface area contributed by atoms with E-state index in [4.69, 9.17) is 16.7 Å². The van der Waals surface area contributed by atoms with E-state index < -0.39 is 5.97 Å². The van der Waals surface area contributed by atoms with Crippen molar-refractivity contribution in [3.63, 3.8) is 0 Å². The number of urea groups is 1. The Labute approximate surface area is 93.7 Å². The summed E-state index contributed by atoms with van der Waals surface area (Å²) in [5.41, 5.74) is 0. The van der Waals surface area contributed by atoms with Gasteiger partial charge in [-0.3, -0.25) is 4.79 Å². The molecule has 0 bridgehead atoms. The van der Waals surface area contributed by atoms with Crippen LogP contribution in [0.3, 0.4) is 0 Å². The SMILES string of the molecule is C=C(Cl)CNC(=O)N(CC)CCC(=O)O. The Bertz CT molecular complexity index is 256. The highest BCUT2D eigenvalue weighted by Gasteiger charge is 2.11. The quantitative estimate of drug-likeness (QED) is 0.727. The molecule has 0 radical (unpaired) electrons. The molecule has 86 valence electrons. The zero-order valence-electron chi connectivity index (χ0n) is 8.62. The van der Waals surface area contributed by atoms with Crippen LogP contribution in [-0.4, -0.2) is 41.6 Å². The van der Waals surface area contributed by atoms with Gasteiger partial charge in [0, 0.05) is 18.1 Å². The highest BCUT2D eigenvalue weighted by atomic mass is 35.5. The lowest BCUT2D eigenvalue weighted by Gasteiger charge is -2.20. The van der Waals surface area contributed by atoms with E-state index in [0.29, 0.717) is 11.6 Å². The summed E-state index contributed by atoms with van der Waals surface area (Å²) in [6.07, 6.45) is -0.0664. The number of nitrogens with zero attached hydrogens (tertiary/aromatic N) is 1. The Balaban J connectivity index is 3.98. The lowest BCUT2D eigenvalue weighted by atomic mass is 10.4. The average Bonchev–Trinajstić information content (AvgIpc) is 2.15. The minimum Gasteiger partial charge on any atom is -0.481 e. The molecule has 0 aliphatic carbocycles. The van der Waals surface area contributed by atoms with E-state index in [1.54, 1.807) is 6.92 Å². The van der Waals surface area contributed by atoms with Crippen molar-refractivity contribution in [3.05, 3.63) is 11.6 Å². The summed E-state index contributed by atoms with van der Waals surface area (Å²) in [6, 6.07) is -0.333. The summed E-state index contributed by atoms with van der Waals surface area (Å²) in [7, 11) is 0. The molecule has 0 fully saturated rings. The molecule has 0 aromatic rings. The monoisotopic (exact) mass is 234 g/mol. The minimum absolute atomic E-state index is 0.0664. The van der Waals surface area contributed by atoms with Gasteiger partial charge in [-0.1, -0.05) is 18.2 Å². The standard InChI is InChI=1S/C9H15ClN2O3/c1-3-12(5-4-8(13)14)9(15)11-6-7(2)10/h2-6H2,1H3,(H,11,15)(H,13,14). The molecule has 2 N–H and O–H groups in total.